The molecular formula is C15H9ClF4N2O3S. The number of anilines is 1. The number of halogens is 5. The van der Waals surface area contributed by atoms with Crippen molar-refractivity contribution in [3.8, 4) is 0 Å². The SMILES string of the molecule is O=C(CSc1cc(Cl)c(C(F)(F)F)cc1[N+](=O)[O-])Nc1ccc(F)cc1. The Labute approximate surface area is 153 Å². The van der Waals surface area contributed by atoms with E-state index < -0.39 is 39.1 Å². The van der Waals surface area contributed by atoms with Crippen LogP contribution in [0.25, 0.3) is 0 Å². The van der Waals surface area contributed by atoms with E-state index in [4.69, 9.17) is 11.6 Å². The number of carbonyl (C=O) groups is 1. The van der Waals surface area contributed by atoms with Crippen LogP contribution in [0.2, 0.25) is 5.02 Å². The van der Waals surface area contributed by atoms with Gasteiger partial charge >= 0.3 is 6.18 Å². The van der Waals surface area contributed by atoms with Crippen LogP contribution in [0, 0.1) is 15.9 Å². The second kappa shape index (κ2) is 7.92. The van der Waals surface area contributed by atoms with E-state index in [0.29, 0.717) is 23.5 Å². The second-order valence-corrected chi connectivity index (χ2v) is 6.32. The molecule has 2 aromatic rings. The van der Waals surface area contributed by atoms with E-state index in [1.165, 1.54) is 12.1 Å². The van der Waals surface area contributed by atoms with Crippen molar-refractivity contribution in [3.05, 3.63) is 62.9 Å². The van der Waals surface area contributed by atoms with E-state index in [1.807, 2.05) is 0 Å². The topological polar surface area (TPSA) is 72.2 Å². The summed E-state index contributed by atoms with van der Waals surface area (Å²) in [5.74, 6) is -1.39. The third-order valence-electron chi connectivity index (χ3n) is 3.04. The van der Waals surface area contributed by atoms with E-state index in [2.05, 4.69) is 5.32 Å². The summed E-state index contributed by atoms with van der Waals surface area (Å²) in [6.07, 6.45) is -4.84. The van der Waals surface area contributed by atoms with E-state index in [-0.39, 0.29) is 10.6 Å². The highest BCUT2D eigenvalue weighted by atomic mass is 35.5. The fraction of sp³-hybridized carbons (Fsp3) is 0.133. The molecule has 0 saturated carbocycles. The Kier molecular flexibility index (Phi) is 6.09. The van der Waals surface area contributed by atoms with Crippen LogP contribution in [0.5, 0.6) is 0 Å². The average molecular weight is 409 g/mol. The maximum Gasteiger partial charge on any atom is 0.418 e. The van der Waals surface area contributed by atoms with Gasteiger partial charge < -0.3 is 5.32 Å². The average Bonchev–Trinajstić information content (AvgIpc) is 2.53. The van der Waals surface area contributed by atoms with Crippen LogP contribution in [0.1, 0.15) is 5.56 Å². The zero-order valence-corrected chi connectivity index (χ0v) is 14.2. The third kappa shape index (κ3) is 5.09. The van der Waals surface area contributed by atoms with Crippen molar-refractivity contribution in [2.24, 2.45) is 0 Å². The number of nitro groups is 1. The van der Waals surface area contributed by atoms with Crippen molar-refractivity contribution in [1.82, 2.24) is 0 Å². The first kappa shape index (κ1) is 20.0. The minimum absolute atomic E-state index is 0.178. The van der Waals surface area contributed by atoms with Crippen molar-refractivity contribution >= 4 is 40.6 Å². The van der Waals surface area contributed by atoms with Crippen LogP contribution in [-0.2, 0) is 11.0 Å². The van der Waals surface area contributed by atoms with Gasteiger partial charge in [0.05, 0.1) is 26.2 Å². The van der Waals surface area contributed by atoms with Crippen LogP contribution >= 0.6 is 23.4 Å². The van der Waals surface area contributed by atoms with Gasteiger partial charge in [0.15, 0.2) is 0 Å². The summed E-state index contributed by atoms with van der Waals surface area (Å²) in [6, 6.07) is 6.03. The Balaban J connectivity index is 2.15. The fourth-order valence-corrected chi connectivity index (χ4v) is 3.07. The molecule has 0 aromatic heterocycles. The molecule has 0 unspecified atom stereocenters. The number of rotatable bonds is 5. The van der Waals surface area contributed by atoms with Crippen LogP contribution in [0.15, 0.2) is 41.3 Å². The van der Waals surface area contributed by atoms with Crippen molar-refractivity contribution < 1.29 is 27.3 Å². The Bertz CT molecular complexity index is 844. The van der Waals surface area contributed by atoms with Crippen LogP contribution < -0.4 is 5.32 Å². The Hall–Kier alpha value is -2.33. The predicted octanol–water partition coefficient (Wildman–Crippen LogP) is 5.14. The molecule has 1 amide bonds. The van der Waals surface area contributed by atoms with Crippen LogP contribution in [0.4, 0.5) is 28.9 Å². The van der Waals surface area contributed by atoms with Gasteiger partial charge in [0.25, 0.3) is 5.69 Å². The first-order chi connectivity index (χ1) is 12.1. The summed E-state index contributed by atoms with van der Waals surface area (Å²) in [5, 5.41) is 12.8. The van der Waals surface area contributed by atoms with Gasteiger partial charge in [-0.25, -0.2) is 4.39 Å². The molecule has 5 nitrogen and oxygen atoms in total. The highest BCUT2D eigenvalue weighted by Crippen LogP contribution is 2.41. The second-order valence-electron chi connectivity index (χ2n) is 4.90. The largest absolute Gasteiger partial charge is 0.418 e. The van der Waals surface area contributed by atoms with Gasteiger partial charge in [-0.3, -0.25) is 14.9 Å². The molecule has 0 fully saturated rings. The lowest BCUT2D eigenvalue weighted by molar-refractivity contribution is -0.388. The standard InChI is InChI=1S/C15H9ClF4N2O3S/c16-11-6-13(12(22(24)25)5-10(11)15(18,19)20)26-7-14(23)21-9-3-1-8(17)2-4-9/h1-6H,7H2,(H,21,23). The van der Waals surface area contributed by atoms with Crippen molar-refractivity contribution in [1.29, 1.82) is 0 Å². The number of hydrogen-bond acceptors (Lipinski definition) is 4. The molecule has 0 atom stereocenters. The summed E-state index contributed by atoms with van der Waals surface area (Å²) in [5.41, 5.74) is -1.83. The zero-order valence-electron chi connectivity index (χ0n) is 12.6. The zero-order chi connectivity index (χ0) is 19.5. The molecule has 1 N–H and O–H groups in total. The molecule has 0 aliphatic heterocycles. The van der Waals surface area contributed by atoms with Crippen LogP contribution in [-0.4, -0.2) is 16.6 Å². The summed E-state index contributed by atoms with van der Waals surface area (Å²) in [4.78, 5) is 21.7. The maximum absolute atomic E-state index is 12.8. The molecule has 0 aliphatic carbocycles. The fourth-order valence-electron chi connectivity index (χ4n) is 1.89. The number of carbonyl (C=O) groups excluding carboxylic acids is 1. The lowest BCUT2D eigenvalue weighted by Gasteiger charge is -2.11. The minimum Gasteiger partial charge on any atom is -0.325 e. The van der Waals surface area contributed by atoms with Gasteiger partial charge in [-0.2, -0.15) is 13.2 Å². The highest BCUT2D eigenvalue weighted by molar-refractivity contribution is 8.00. The molecule has 138 valence electrons. The highest BCUT2D eigenvalue weighted by Gasteiger charge is 2.36. The summed E-state index contributed by atoms with van der Waals surface area (Å²) < 4.78 is 51.2. The van der Waals surface area contributed by atoms with Gasteiger partial charge in [-0.1, -0.05) is 11.6 Å². The molecule has 11 heteroatoms. The Morgan fingerprint density at radius 2 is 1.85 bits per heavy atom. The minimum atomic E-state index is -4.84. The first-order valence-corrected chi connectivity index (χ1v) is 8.17. The molecule has 0 bridgehead atoms. The van der Waals surface area contributed by atoms with E-state index >= 15 is 0 Å². The van der Waals surface area contributed by atoms with Gasteiger partial charge in [-0.15, -0.1) is 11.8 Å². The summed E-state index contributed by atoms with van der Waals surface area (Å²) in [6.45, 7) is 0. The van der Waals surface area contributed by atoms with Crippen molar-refractivity contribution in [3.63, 3.8) is 0 Å². The lowest BCUT2D eigenvalue weighted by atomic mass is 10.2. The molecule has 0 radical (unpaired) electrons. The summed E-state index contributed by atoms with van der Waals surface area (Å²) >= 11 is 6.22. The number of nitrogens with one attached hydrogen (secondary N) is 1. The lowest BCUT2D eigenvalue weighted by Crippen LogP contribution is -2.14. The first-order valence-electron chi connectivity index (χ1n) is 6.81. The molecule has 0 saturated heterocycles. The molecule has 26 heavy (non-hydrogen) atoms. The maximum atomic E-state index is 12.8. The molecule has 0 spiro atoms. The van der Waals surface area contributed by atoms with E-state index in [9.17, 15) is 32.5 Å². The smallest absolute Gasteiger partial charge is 0.325 e. The monoisotopic (exact) mass is 408 g/mol. The van der Waals surface area contributed by atoms with Gasteiger partial charge in [0.1, 0.15) is 5.82 Å². The normalized spacial score (nSPS) is 11.3. The number of hydrogen-bond donors (Lipinski definition) is 1. The molecule has 2 aromatic carbocycles. The number of amides is 1. The quantitative estimate of drug-likeness (QED) is 0.322. The number of nitro benzene ring substituents is 1. The van der Waals surface area contributed by atoms with Crippen LogP contribution in [0.3, 0.4) is 0 Å². The van der Waals surface area contributed by atoms with E-state index in [0.717, 1.165) is 18.2 Å². The van der Waals surface area contributed by atoms with Gasteiger partial charge in [-0.05, 0) is 30.3 Å². The van der Waals surface area contributed by atoms with Crippen molar-refractivity contribution in [2.75, 3.05) is 11.1 Å². The summed E-state index contributed by atoms with van der Waals surface area (Å²) in [7, 11) is 0. The van der Waals surface area contributed by atoms with E-state index in [1.54, 1.807) is 0 Å². The molecule has 0 heterocycles. The molecule has 2 rings (SSSR count). The van der Waals surface area contributed by atoms with Gasteiger partial charge in [0, 0.05) is 11.8 Å². The number of benzene rings is 2. The number of thioether (sulfide) groups is 1. The van der Waals surface area contributed by atoms with Gasteiger partial charge in [0.2, 0.25) is 5.91 Å². The molecular weight excluding hydrogens is 400 g/mol. The Morgan fingerprint density at radius 1 is 1.23 bits per heavy atom. The van der Waals surface area contributed by atoms with Crippen molar-refractivity contribution in [2.45, 2.75) is 11.1 Å². The number of nitrogens with zero attached hydrogens (tertiary/aromatic N) is 1. The molecule has 0 aliphatic rings. The number of alkyl halides is 3. The predicted molar refractivity (Wildman–Crippen MR) is 88.9 cm³/mol. The third-order valence-corrected chi connectivity index (χ3v) is 4.39. The Morgan fingerprint density at radius 3 is 2.38 bits per heavy atom.